The lowest BCUT2D eigenvalue weighted by Gasteiger charge is -2.02. The second-order valence-electron chi connectivity index (χ2n) is 8.23. The molecule has 0 saturated heterocycles. The molecular formula is C30H19ClN2O3. The fraction of sp³-hybridized carbons (Fsp3) is 0. The molecular weight excluding hydrogens is 472 g/mol. The Labute approximate surface area is 211 Å². The van der Waals surface area contributed by atoms with Gasteiger partial charge in [-0.1, -0.05) is 60.1 Å². The van der Waals surface area contributed by atoms with Crippen molar-refractivity contribution in [1.82, 2.24) is 9.78 Å². The number of carbonyl (C=O) groups excluding carboxylic acids is 1. The lowest BCUT2D eigenvalue weighted by Crippen LogP contribution is -2.03. The SMILES string of the molecule is O=C(C=Cc1cn(-c2ccccc2)nc1-c1ccc(Cl)cc1)Oc1ccc2oc3ccccc3c2c1. The van der Waals surface area contributed by atoms with Crippen LogP contribution < -0.4 is 4.74 Å². The summed E-state index contributed by atoms with van der Waals surface area (Å²) in [4.78, 5) is 12.7. The third-order valence-electron chi connectivity index (χ3n) is 5.85. The fourth-order valence-electron chi connectivity index (χ4n) is 4.13. The highest BCUT2D eigenvalue weighted by Gasteiger charge is 2.12. The monoisotopic (exact) mass is 490 g/mol. The van der Waals surface area contributed by atoms with Gasteiger partial charge in [-0.05, 0) is 54.6 Å². The zero-order valence-electron chi connectivity index (χ0n) is 19.0. The number of hydrogen-bond donors (Lipinski definition) is 0. The van der Waals surface area contributed by atoms with Crippen LogP contribution in [0.2, 0.25) is 5.02 Å². The third-order valence-corrected chi connectivity index (χ3v) is 6.10. The topological polar surface area (TPSA) is 57.3 Å². The minimum absolute atomic E-state index is 0.446. The molecule has 0 unspecified atom stereocenters. The van der Waals surface area contributed by atoms with Crippen LogP contribution in [-0.4, -0.2) is 15.7 Å². The number of esters is 1. The van der Waals surface area contributed by atoms with E-state index in [-0.39, 0.29) is 0 Å². The van der Waals surface area contributed by atoms with Crippen LogP contribution in [0.4, 0.5) is 0 Å². The Balaban J connectivity index is 1.30. The molecule has 0 aliphatic rings. The van der Waals surface area contributed by atoms with Crippen molar-refractivity contribution in [3.05, 3.63) is 120 Å². The van der Waals surface area contributed by atoms with Gasteiger partial charge in [0, 0.05) is 39.2 Å². The highest BCUT2D eigenvalue weighted by atomic mass is 35.5. The lowest BCUT2D eigenvalue weighted by molar-refractivity contribution is -0.128. The number of aromatic nitrogens is 2. The van der Waals surface area contributed by atoms with E-state index in [1.807, 2.05) is 97.2 Å². The van der Waals surface area contributed by atoms with Gasteiger partial charge in [0.2, 0.25) is 0 Å². The summed E-state index contributed by atoms with van der Waals surface area (Å²) in [6.07, 6.45) is 5.00. The highest BCUT2D eigenvalue weighted by molar-refractivity contribution is 6.30. The molecule has 0 bridgehead atoms. The second kappa shape index (κ2) is 9.21. The minimum Gasteiger partial charge on any atom is -0.456 e. The number of halogens is 1. The number of benzene rings is 4. The molecule has 36 heavy (non-hydrogen) atoms. The Morgan fingerprint density at radius 3 is 2.44 bits per heavy atom. The first kappa shape index (κ1) is 21.9. The van der Waals surface area contributed by atoms with E-state index < -0.39 is 5.97 Å². The van der Waals surface area contributed by atoms with E-state index in [4.69, 9.17) is 25.9 Å². The smallest absolute Gasteiger partial charge is 0.336 e. The van der Waals surface area contributed by atoms with Gasteiger partial charge < -0.3 is 9.15 Å². The van der Waals surface area contributed by atoms with Crippen molar-refractivity contribution in [2.45, 2.75) is 0 Å². The van der Waals surface area contributed by atoms with Crippen LogP contribution >= 0.6 is 11.6 Å². The summed E-state index contributed by atoms with van der Waals surface area (Å²) in [5.74, 6) is -0.0433. The zero-order chi connectivity index (χ0) is 24.5. The van der Waals surface area contributed by atoms with Gasteiger partial charge in [0.25, 0.3) is 0 Å². The molecule has 6 heteroatoms. The summed E-state index contributed by atoms with van der Waals surface area (Å²) in [5, 5.41) is 7.27. The maximum absolute atomic E-state index is 12.7. The summed E-state index contributed by atoms with van der Waals surface area (Å²) >= 11 is 6.07. The predicted molar refractivity (Wildman–Crippen MR) is 142 cm³/mol. The van der Waals surface area contributed by atoms with Gasteiger partial charge in [-0.3, -0.25) is 0 Å². The average molecular weight is 491 g/mol. The number of para-hydroxylation sites is 2. The molecule has 0 aliphatic heterocycles. The lowest BCUT2D eigenvalue weighted by atomic mass is 10.1. The summed E-state index contributed by atoms with van der Waals surface area (Å²) < 4.78 is 13.2. The normalized spacial score (nSPS) is 11.5. The van der Waals surface area contributed by atoms with E-state index in [1.165, 1.54) is 6.08 Å². The Morgan fingerprint density at radius 1 is 0.861 bits per heavy atom. The molecule has 0 fully saturated rings. The van der Waals surface area contributed by atoms with Gasteiger partial charge in [-0.25, -0.2) is 9.48 Å². The van der Waals surface area contributed by atoms with Crippen LogP contribution in [0.15, 0.2) is 114 Å². The Morgan fingerprint density at radius 2 is 1.61 bits per heavy atom. The van der Waals surface area contributed by atoms with Crippen molar-refractivity contribution in [3.8, 4) is 22.7 Å². The van der Waals surface area contributed by atoms with E-state index >= 15 is 0 Å². The molecule has 0 atom stereocenters. The molecule has 2 aromatic heterocycles. The molecule has 0 amide bonds. The van der Waals surface area contributed by atoms with E-state index in [0.29, 0.717) is 10.8 Å². The molecule has 4 aromatic carbocycles. The number of hydrogen-bond acceptors (Lipinski definition) is 4. The number of nitrogens with zero attached hydrogens (tertiary/aromatic N) is 2. The number of ether oxygens (including phenoxy) is 1. The van der Waals surface area contributed by atoms with Gasteiger partial charge in [-0.2, -0.15) is 5.10 Å². The zero-order valence-corrected chi connectivity index (χ0v) is 19.7. The molecule has 6 rings (SSSR count). The summed E-state index contributed by atoms with van der Waals surface area (Å²) in [6, 6.07) is 30.4. The first-order valence-electron chi connectivity index (χ1n) is 11.4. The maximum Gasteiger partial charge on any atom is 0.336 e. The maximum atomic E-state index is 12.7. The Kier molecular flexibility index (Phi) is 5.60. The fourth-order valence-corrected chi connectivity index (χ4v) is 4.26. The van der Waals surface area contributed by atoms with Gasteiger partial charge in [-0.15, -0.1) is 0 Å². The largest absolute Gasteiger partial charge is 0.456 e. The quantitative estimate of drug-likeness (QED) is 0.141. The van der Waals surface area contributed by atoms with Crippen molar-refractivity contribution < 1.29 is 13.9 Å². The first-order valence-corrected chi connectivity index (χ1v) is 11.7. The molecule has 0 spiro atoms. The molecule has 0 aliphatic carbocycles. The second-order valence-corrected chi connectivity index (χ2v) is 8.67. The first-order chi connectivity index (χ1) is 17.6. The van der Waals surface area contributed by atoms with Crippen molar-refractivity contribution in [1.29, 1.82) is 0 Å². The Hall–Kier alpha value is -4.61. The standard InChI is InChI=1S/C30H19ClN2O3/c31-22-13-10-20(11-14-22)30-21(19-33(32-30)23-6-2-1-3-7-23)12-17-29(34)35-24-15-16-28-26(18-24)25-8-4-5-9-27(25)36-28/h1-19H. The molecule has 174 valence electrons. The van der Waals surface area contributed by atoms with Gasteiger partial charge in [0.15, 0.2) is 0 Å². The van der Waals surface area contributed by atoms with Crippen LogP contribution in [-0.2, 0) is 4.79 Å². The Bertz CT molecular complexity index is 1730. The van der Waals surface area contributed by atoms with Crippen LogP contribution in [0.1, 0.15) is 5.56 Å². The molecule has 6 aromatic rings. The van der Waals surface area contributed by atoms with Crippen molar-refractivity contribution in [3.63, 3.8) is 0 Å². The van der Waals surface area contributed by atoms with E-state index in [2.05, 4.69) is 0 Å². The third kappa shape index (κ3) is 4.28. The van der Waals surface area contributed by atoms with Crippen LogP contribution in [0.5, 0.6) is 5.75 Å². The van der Waals surface area contributed by atoms with Gasteiger partial charge in [0.1, 0.15) is 16.9 Å². The van der Waals surface area contributed by atoms with Crippen molar-refractivity contribution >= 4 is 45.6 Å². The van der Waals surface area contributed by atoms with Crippen molar-refractivity contribution in [2.24, 2.45) is 0 Å². The number of rotatable bonds is 5. The number of furan rings is 1. The van der Waals surface area contributed by atoms with E-state index in [9.17, 15) is 4.79 Å². The van der Waals surface area contributed by atoms with Crippen LogP contribution in [0, 0.1) is 0 Å². The summed E-state index contributed by atoms with van der Waals surface area (Å²) in [6.45, 7) is 0. The van der Waals surface area contributed by atoms with Gasteiger partial charge in [0.05, 0.1) is 11.4 Å². The van der Waals surface area contributed by atoms with Crippen LogP contribution in [0.3, 0.4) is 0 Å². The number of carbonyl (C=O) groups is 1. The molecule has 2 heterocycles. The van der Waals surface area contributed by atoms with E-state index in [1.54, 1.807) is 16.8 Å². The summed E-state index contributed by atoms with van der Waals surface area (Å²) in [5.41, 5.74) is 4.84. The number of fused-ring (bicyclic) bond motifs is 3. The molecule has 0 N–H and O–H groups in total. The molecule has 5 nitrogen and oxygen atoms in total. The molecule has 0 radical (unpaired) electrons. The highest BCUT2D eigenvalue weighted by Crippen LogP contribution is 2.31. The van der Waals surface area contributed by atoms with Gasteiger partial charge >= 0.3 is 5.97 Å². The minimum atomic E-state index is -0.489. The van der Waals surface area contributed by atoms with E-state index in [0.717, 1.165) is 44.4 Å². The van der Waals surface area contributed by atoms with Crippen molar-refractivity contribution in [2.75, 3.05) is 0 Å². The van der Waals surface area contributed by atoms with Crippen LogP contribution in [0.25, 0.3) is 45.0 Å². The average Bonchev–Trinajstić information content (AvgIpc) is 3.50. The summed E-state index contributed by atoms with van der Waals surface area (Å²) in [7, 11) is 0. The molecule has 0 saturated carbocycles. The predicted octanol–water partition coefficient (Wildman–Crippen LogP) is 7.71.